The number of carbonyl (C=O) groups is 3. The maximum Gasteiger partial charge on any atom is 0.421 e. The van der Waals surface area contributed by atoms with E-state index in [2.05, 4.69) is 5.32 Å². The molecule has 2 atom stereocenters. The Morgan fingerprint density at radius 3 is 2.61 bits per heavy atom. The van der Waals surface area contributed by atoms with Gasteiger partial charge in [-0.15, -0.1) is 11.3 Å². The quantitative estimate of drug-likeness (QED) is 0.256. The number of quaternary nitrogens is 1. The Balaban J connectivity index is 2.22. The molecular formula is C21H24FIN3O6S+. The van der Waals surface area contributed by atoms with Gasteiger partial charge in [-0.1, -0.05) is 13.8 Å². The zero-order valence-corrected chi connectivity index (χ0v) is 20.9. The Bertz CT molecular complexity index is 1140. The van der Waals surface area contributed by atoms with Crippen LogP contribution >= 0.6 is 33.9 Å². The number of hydrogen-bond acceptors (Lipinski definition) is 7. The van der Waals surface area contributed by atoms with Crippen molar-refractivity contribution in [3.8, 4) is 0 Å². The highest BCUT2D eigenvalue weighted by atomic mass is 127. The monoisotopic (exact) mass is 592 g/mol. The molecule has 0 spiro atoms. The Labute approximate surface area is 206 Å². The number of aliphatic hydroxyl groups excluding tert-OH is 2. The number of benzene rings is 1. The number of aliphatic hydroxyl groups is 2. The van der Waals surface area contributed by atoms with Crippen molar-refractivity contribution in [2.24, 2.45) is 11.1 Å². The van der Waals surface area contributed by atoms with Crippen molar-refractivity contribution < 1.29 is 38.6 Å². The third kappa shape index (κ3) is 4.89. The molecule has 6 N–H and O–H groups in total. The van der Waals surface area contributed by atoms with Crippen LogP contribution in [0.2, 0.25) is 0 Å². The molecule has 12 heteroatoms. The van der Waals surface area contributed by atoms with Gasteiger partial charge in [0.25, 0.3) is 0 Å². The first kappa shape index (κ1) is 25.5. The van der Waals surface area contributed by atoms with Crippen molar-refractivity contribution in [3.05, 3.63) is 43.6 Å². The van der Waals surface area contributed by atoms with E-state index in [4.69, 9.17) is 5.73 Å². The highest BCUT2D eigenvalue weighted by Crippen LogP contribution is 2.44. The second kappa shape index (κ2) is 9.25. The third-order valence-electron chi connectivity index (χ3n) is 5.49. The van der Waals surface area contributed by atoms with E-state index in [1.807, 2.05) is 22.6 Å². The Kier molecular flexibility index (Phi) is 7.15. The van der Waals surface area contributed by atoms with E-state index in [1.165, 1.54) is 12.1 Å². The van der Waals surface area contributed by atoms with Gasteiger partial charge in [-0.3, -0.25) is 0 Å². The van der Waals surface area contributed by atoms with Gasteiger partial charge in [-0.05, 0) is 52.8 Å². The first-order chi connectivity index (χ1) is 15.3. The number of thiophene rings is 1. The minimum atomic E-state index is -1.39. The molecule has 0 bridgehead atoms. The van der Waals surface area contributed by atoms with Gasteiger partial charge in [0.05, 0.1) is 17.9 Å². The van der Waals surface area contributed by atoms with E-state index < -0.39 is 52.9 Å². The summed E-state index contributed by atoms with van der Waals surface area (Å²) in [5, 5.41) is 32.2. The van der Waals surface area contributed by atoms with Crippen LogP contribution in [0.3, 0.4) is 0 Å². The molecule has 1 aromatic heterocycles. The number of carboxylic acids is 1. The van der Waals surface area contributed by atoms with Crippen LogP contribution in [0, 0.1) is 14.8 Å². The first-order valence-electron chi connectivity index (χ1n) is 9.93. The van der Waals surface area contributed by atoms with Gasteiger partial charge in [0.2, 0.25) is 0 Å². The molecule has 0 saturated carbocycles. The van der Waals surface area contributed by atoms with Gasteiger partial charge in [0.1, 0.15) is 34.9 Å². The van der Waals surface area contributed by atoms with Crippen LogP contribution in [0.25, 0.3) is 0 Å². The maximum absolute atomic E-state index is 14.4. The zero-order valence-electron chi connectivity index (χ0n) is 17.9. The van der Waals surface area contributed by atoms with Crippen LogP contribution in [0.5, 0.6) is 0 Å². The van der Waals surface area contributed by atoms with Gasteiger partial charge in [0, 0.05) is 8.99 Å². The Hall–Kier alpha value is -2.13. The SMILES string of the molecule is CC1(C)Cc2c(sc(Nc3ccc(I)cc3F)c2C(=O)O)C(=O)[N+](CC(O)CO)(C(N)=O)C1. The van der Waals surface area contributed by atoms with Crippen molar-refractivity contribution in [1.82, 2.24) is 0 Å². The highest BCUT2D eigenvalue weighted by Gasteiger charge is 2.53. The van der Waals surface area contributed by atoms with E-state index in [0.717, 1.165) is 11.3 Å². The molecule has 0 aliphatic carbocycles. The molecule has 0 radical (unpaired) electrons. The number of aromatic carboxylic acids is 1. The number of halogens is 2. The van der Waals surface area contributed by atoms with Crippen molar-refractivity contribution in [1.29, 1.82) is 0 Å². The topological polar surface area (TPSA) is 150 Å². The van der Waals surface area contributed by atoms with Crippen LogP contribution in [0.15, 0.2) is 18.2 Å². The molecule has 0 saturated heterocycles. The predicted octanol–water partition coefficient (Wildman–Crippen LogP) is 2.90. The molecule has 3 amide bonds. The summed E-state index contributed by atoms with van der Waals surface area (Å²) in [5.41, 5.74) is 4.95. The second-order valence-electron chi connectivity index (χ2n) is 8.80. The number of primary amides is 1. The first-order valence-corrected chi connectivity index (χ1v) is 11.8. The van der Waals surface area contributed by atoms with Crippen LogP contribution < -0.4 is 11.1 Å². The lowest BCUT2D eigenvalue weighted by Gasteiger charge is -2.36. The van der Waals surface area contributed by atoms with Crippen LogP contribution in [0.1, 0.15) is 39.4 Å². The lowest BCUT2D eigenvalue weighted by atomic mass is 9.84. The normalized spacial score (nSPS) is 20.6. The number of anilines is 2. The smallest absolute Gasteiger partial charge is 0.421 e. The summed E-state index contributed by atoms with van der Waals surface area (Å²) in [6.45, 7) is 2.28. The van der Waals surface area contributed by atoms with Gasteiger partial charge < -0.3 is 26.4 Å². The minimum Gasteiger partial charge on any atom is -0.478 e. The lowest BCUT2D eigenvalue weighted by molar-refractivity contribution is -0.777. The fourth-order valence-electron chi connectivity index (χ4n) is 4.20. The minimum absolute atomic E-state index is 0.00432. The lowest BCUT2D eigenvalue weighted by Crippen LogP contribution is -2.64. The summed E-state index contributed by atoms with van der Waals surface area (Å²) in [6, 6.07) is 3.36. The second-order valence-corrected chi connectivity index (χ2v) is 11.1. The number of amides is 3. The van der Waals surface area contributed by atoms with E-state index in [0.29, 0.717) is 3.57 Å². The summed E-state index contributed by atoms with van der Waals surface area (Å²) in [7, 11) is 0. The summed E-state index contributed by atoms with van der Waals surface area (Å²) >= 11 is 2.74. The maximum atomic E-state index is 14.4. The third-order valence-corrected chi connectivity index (χ3v) is 7.30. The number of nitrogens with one attached hydrogen (secondary N) is 1. The van der Waals surface area contributed by atoms with Crippen LogP contribution in [-0.2, 0) is 6.42 Å². The number of nitrogens with two attached hydrogens (primary N) is 1. The number of fused-ring (bicyclic) bond motifs is 1. The molecule has 1 aliphatic heterocycles. The summed E-state index contributed by atoms with van der Waals surface area (Å²) in [6.07, 6.45) is -1.26. The van der Waals surface area contributed by atoms with Crippen LogP contribution in [-0.4, -0.2) is 63.5 Å². The van der Waals surface area contributed by atoms with Gasteiger partial charge >= 0.3 is 17.9 Å². The molecular weight excluding hydrogens is 568 g/mol. The fourth-order valence-corrected chi connectivity index (χ4v) is 5.89. The number of imide groups is 1. The Morgan fingerprint density at radius 1 is 1.39 bits per heavy atom. The van der Waals surface area contributed by atoms with Crippen molar-refractivity contribution in [2.75, 3.05) is 25.0 Å². The molecule has 2 heterocycles. The molecule has 1 aliphatic rings. The predicted molar refractivity (Wildman–Crippen MR) is 128 cm³/mol. The Morgan fingerprint density at radius 2 is 2.06 bits per heavy atom. The molecule has 0 fully saturated rings. The van der Waals surface area contributed by atoms with Gasteiger partial charge in [-0.25, -0.2) is 18.8 Å². The molecule has 9 nitrogen and oxygen atoms in total. The number of hydrogen-bond donors (Lipinski definition) is 5. The van der Waals surface area contributed by atoms with Crippen molar-refractivity contribution >= 4 is 62.5 Å². The average molecular weight is 592 g/mol. The van der Waals surface area contributed by atoms with Crippen molar-refractivity contribution in [3.63, 3.8) is 0 Å². The molecule has 3 rings (SSSR count). The van der Waals surface area contributed by atoms with E-state index in [-0.39, 0.29) is 39.7 Å². The number of nitrogens with zero attached hydrogens (tertiary/aromatic N) is 1. The number of rotatable bonds is 6. The summed E-state index contributed by atoms with van der Waals surface area (Å²) in [5.74, 6) is -2.67. The average Bonchev–Trinajstić information content (AvgIpc) is 3.01. The van der Waals surface area contributed by atoms with E-state index in [9.17, 15) is 34.1 Å². The fraction of sp³-hybridized carbons (Fsp3) is 0.381. The number of urea groups is 1. The standard InChI is InChI=1S/C21H23FIN3O6S/c1-21(2)6-12-15(19(30)31)17(25-14-4-3-10(23)5-13(14)22)33-16(12)18(29)26(9-21,20(24)32)7-11(28)8-27/h3-5,11,27-28H,6-9H2,1-2H3,(H3-,24,25,29,30,31,32)/p+1. The number of carboxylic acid groups (broad SMARTS) is 1. The molecule has 2 unspecified atom stereocenters. The van der Waals surface area contributed by atoms with Gasteiger partial charge in [-0.2, -0.15) is 4.48 Å². The zero-order chi connectivity index (χ0) is 24.7. The molecule has 1 aromatic carbocycles. The van der Waals surface area contributed by atoms with E-state index in [1.54, 1.807) is 19.9 Å². The molecule has 2 aromatic rings. The molecule has 178 valence electrons. The largest absolute Gasteiger partial charge is 0.478 e. The van der Waals surface area contributed by atoms with Crippen molar-refractivity contribution in [2.45, 2.75) is 26.4 Å². The summed E-state index contributed by atoms with van der Waals surface area (Å²) < 4.78 is 14.1. The van der Waals surface area contributed by atoms with Crippen LogP contribution in [0.4, 0.5) is 19.9 Å². The number of carbonyl (C=O) groups excluding carboxylic acids is 2. The van der Waals surface area contributed by atoms with Gasteiger partial charge in [0.15, 0.2) is 0 Å². The summed E-state index contributed by atoms with van der Waals surface area (Å²) in [4.78, 5) is 38.5. The molecule has 33 heavy (non-hydrogen) atoms. The highest BCUT2D eigenvalue weighted by molar-refractivity contribution is 14.1. The van der Waals surface area contributed by atoms with E-state index >= 15 is 0 Å².